The van der Waals surface area contributed by atoms with Gasteiger partial charge in [0.15, 0.2) is 0 Å². The van der Waals surface area contributed by atoms with Gasteiger partial charge in [-0.1, -0.05) is 13.8 Å². The highest BCUT2D eigenvalue weighted by molar-refractivity contribution is 4.85. The van der Waals surface area contributed by atoms with Gasteiger partial charge >= 0.3 is 0 Å². The number of hydrogen-bond donors (Lipinski definition) is 3. The summed E-state index contributed by atoms with van der Waals surface area (Å²) in [5, 5.41) is 21.7. The van der Waals surface area contributed by atoms with Crippen molar-refractivity contribution in [2.24, 2.45) is 5.41 Å². The summed E-state index contributed by atoms with van der Waals surface area (Å²) in [5.41, 5.74) is -0.432. The molecule has 13 heavy (non-hydrogen) atoms. The van der Waals surface area contributed by atoms with Crippen molar-refractivity contribution in [2.45, 2.75) is 46.3 Å². The zero-order valence-corrected chi connectivity index (χ0v) is 9.39. The number of rotatable bonds is 5. The Morgan fingerprint density at radius 2 is 1.69 bits per heavy atom. The Hall–Kier alpha value is -0.120. The molecule has 3 N–H and O–H groups in total. The minimum Gasteiger partial charge on any atom is -0.396 e. The normalized spacial score (nSPS) is 15.9. The standard InChI is InChI=1S/C10H23NO2/c1-8(13)10(4,5)11-6-9(2,3)7-12/h8,11-13H,6-7H2,1-5H3. The molecule has 0 saturated heterocycles. The van der Waals surface area contributed by atoms with Crippen LogP contribution in [-0.4, -0.2) is 35.0 Å². The van der Waals surface area contributed by atoms with E-state index in [1.165, 1.54) is 0 Å². The molecular weight excluding hydrogens is 166 g/mol. The van der Waals surface area contributed by atoms with E-state index in [1.54, 1.807) is 6.92 Å². The molecule has 0 aromatic heterocycles. The lowest BCUT2D eigenvalue weighted by Gasteiger charge is -2.33. The first-order chi connectivity index (χ1) is 5.71. The van der Waals surface area contributed by atoms with E-state index in [-0.39, 0.29) is 17.6 Å². The Balaban J connectivity index is 4.02. The van der Waals surface area contributed by atoms with Crippen LogP contribution in [0, 0.1) is 5.41 Å². The van der Waals surface area contributed by atoms with E-state index in [0.29, 0.717) is 6.54 Å². The van der Waals surface area contributed by atoms with Gasteiger partial charge in [-0.05, 0) is 20.8 Å². The van der Waals surface area contributed by atoms with E-state index < -0.39 is 6.10 Å². The molecule has 0 aromatic carbocycles. The monoisotopic (exact) mass is 189 g/mol. The van der Waals surface area contributed by atoms with Gasteiger partial charge in [0.25, 0.3) is 0 Å². The quantitative estimate of drug-likeness (QED) is 0.598. The molecule has 0 bridgehead atoms. The summed E-state index contributed by atoms with van der Waals surface area (Å²) in [6, 6.07) is 0. The van der Waals surface area contributed by atoms with E-state index >= 15 is 0 Å². The number of aliphatic hydroxyl groups is 2. The van der Waals surface area contributed by atoms with Gasteiger partial charge in [-0.3, -0.25) is 0 Å². The average molecular weight is 189 g/mol. The summed E-state index contributed by atoms with van der Waals surface area (Å²) < 4.78 is 0. The van der Waals surface area contributed by atoms with Crippen LogP contribution in [0.5, 0.6) is 0 Å². The lowest BCUT2D eigenvalue weighted by molar-refractivity contribution is 0.0776. The molecule has 0 aliphatic heterocycles. The Kier molecular flexibility index (Phi) is 4.36. The van der Waals surface area contributed by atoms with Crippen LogP contribution >= 0.6 is 0 Å². The van der Waals surface area contributed by atoms with Gasteiger partial charge in [0, 0.05) is 24.1 Å². The summed E-state index contributed by atoms with van der Waals surface area (Å²) in [6.45, 7) is 10.5. The highest BCUT2D eigenvalue weighted by atomic mass is 16.3. The molecule has 3 heteroatoms. The molecular formula is C10H23NO2. The molecule has 0 aliphatic carbocycles. The molecule has 3 nitrogen and oxygen atoms in total. The summed E-state index contributed by atoms with van der Waals surface area (Å²) in [6.07, 6.45) is -0.401. The molecule has 1 atom stereocenters. The van der Waals surface area contributed by atoms with Crippen LogP contribution in [0.3, 0.4) is 0 Å². The van der Waals surface area contributed by atoms with Gasteiger partial charge in [0.2, 0.25) is 0 Å². The maximum Gasteiger partial charge on any atom is 0.0688 e. The van der Waals surface area contributed by atoms with Crippen LogP contribution in [0.25, 0.3) is 0 Å². The Morgan fingerprint density at radius 1 is 1.23 bits per heavy atom. The summed E-state index contributed by atoms with van der Waals surface area (Å²) in [7, 11) is 0. The first-order valence-electron chi connectivity index (χ1n) is 4.75. The van der Waals surface area contributed by atoms with Gasteiger partial charge in [0.1, 0.15) is 0 Å². The lowest BCUT2D eigenvalue weighted by Crippen LogP contribution is -2.51. The maximum absolute atomic E-state index is 9.42. The van der Waals surface area contributed by atoms with Crippen LogP contribution in [-0.2, 0) is 0 Å². The molecule has 0 heterocycles. The molecule has 0 aliphatic rings. The number of aliphatic hydroxyl groups excluding tert-OH is 2. The molecule has 0 radical (unpaired) electrons. The highest BCUT2D eigenvalue weighted by Gasteiger charge is 2.26. The van der Waals surface area contributed by atoms with Gasteiger partial charge in [0.05, 0.1) is 6.10 Å². The lowest BCUT2D eigenvalue weighted by atomic mass is 9.91. The smallest absolute Gasteiger partial charge is 0.0688 e. The van der Waals surface area contributed by atoms with Crippen LogP contribution in [0.15, 0.2) is 0 Å². The SMILES string of the molecule is CC(O)C(C)(C)NCC(C)(C)CO. The minimum absolute atomic E-state index is 0.133. The van der Waals surface area contributed by atoms with Crippen LogP contribution in [0.1, 0.15) is 34.6 Å². The molecule has 0 saturated carbocycles. The van der Waals surface area contributed by atoms with Gasteiger partial charge in [-0.25, -0.2) is 0 Å². The molecule has 0 spiro atoms. The van der Waals surface area contributed by atoms with Crippen molar-refractivity contribution in [3.05, 3.63) is 0 Å². The van der Waals surface area contributed by atoms with Crippen LogP contribution in [0.4, 0.5) is 0 Å². The molecule has 0 fully saturated rings. The second-order valence-corrected chi connectivity index (χ2v) is 5.07. The zero-order valence-electron chi connectivity index (χ0n) is 9.39. The Labute approximate surface area is 81.2 Å². The van der Waals surface area contributed by atoms with E-state index in [4.69, 9.17) is 5.11 Å². The second kappa shape index (κ2) is 4.40. The molecule has 0 amide bonds. The number of nitrogens with one attached hydrogen (secondary N) is 1. The molecule has 80 valence electrons. The van der Waals surface area contributed by atoms with Crippen molar-refractivity contribution in [1.29, 1.82) is 0 Å². The van der Waals surface area contributed by atoms with Crippen molar-refractivity contribution in [2.75, 3.05) is 13.2 Å². The molecule has 0 aromatic rings. The average Bonchev–Trinajstić information content (AvgIpc) is 2.01. The van der Waals surface area contributed by atoms with E-state index in [0.717, 1.165) is 0 Å². The highest BCUT2D eigenvalue weighted by Crippen LogP contribution is 2.15. The first kappa shape index (κ1) is 12.9. The maximum atomic E-state index is 9.42. The van der Waals surface area contributed by atoms with Crippen molar-refractivity contribution >= 4 is 0 Å². The fraction of sp³-hybridized carbons (Fsp3) is 1.00. The van der Waals surface area contributed by atoms with Crippen molar-refractivity contribution < 1.29 is 10.2 Å². The predicted molar refractivity (Wildman–Crippen MR) is 54.6 cm³/mol. The molecule has 1 unspecified atom stereocenters. The fourth-order valence-corrected chi connectivity index (χ4v) is 0.671. The van der Waals surface area contributed by atoms with Crippen molar-refractivity contribution in [3.8, 4) is 0 Å². The predicted octanol–water partition coefficient (Wildman–Crippen LogP) is 0.754. The summed E-state index contributed by atoms with van der Waals surface area (Å²) in [4.78, 5) is 0. The van der Waals surface area contributed by atoms with Crippen LogP contribution in [0.2, 0.25) is 0 Å². The van der Waals surface area contributed by atoms with E-state index in [9.17, 15) is 5.11 Å². The summed E-state index contributed by atoms with van der Waals surface area (Å²) in [5.74, 6) is 0. The Bertz CT molecular complexity index is 153. The first-order valence-corrected chi connectivity index (χ1v) is 4.75. The van der Waals surface area contributed by atoms with E-state index in [1.807, 2.05) is 27.7 Å². The van der Waals surface area contributed by atoms with E-state index in [2.05, 4.69) is 5.32 Å². The van der Waals surface area contributed by atoms with Crippen LogP contribution < -0.4 is 5.32 Å². The minimum atomic E-state index is -0.401. The zero-order chi connectivity index (χ0) is 10.7. The largest absolute Gasteiger partial charge is 0.396 e. The molecule has 0 rings (SSSR count). The number of hydrogen-bond acceptors (Lipinski definition) is 3. The topological polar surface area (TPSA) is 52.5 Å². The summed E-state index contributed by atoms with van der Waals surface area (Å²) >= 11 is 0. The van der Waals surface area contributed by atoms with Gasteiger partial charge < -0.3 is 15.5 Å². The third kappa shape index (κ3) is 4.60. The van der Waals surface area contributed by atoms with Crippen molar-refractivity contribution in [3.63, 3.8) is 0 Å². The third-order valence-electron chi connectivity index (χ3n) is 2.50. The van der Waals surface area contributed by atoms with Gasteiger partial charge in [-0.15, -0.1) is 0 Å². The van der Waals surface area contributed by atoms with Crippen molar-refractivity contribution in [1.82, 2.24) is 5.32 Å². The Morgan fingerprint density at radius 3 is 2.00 bits per heavy atom. The second-order valence-electron chi connectivity index (χ2n) is 5.07. The van der Waals surface area contributed by atoms with Gasteiger partial charge in [-0.2, -0.15) is 0 Å². The fourth-order valence-electron chi connectivity index (χ4n) is 0.671. The third-order valence-corrected chi connectivity index (χ3v) is 2.50.